The molecule has 1 aliphatic rings. The predicted molar refractivity (Wildman–Crippen MR) is 84.8 cm³/mol. The Morgan fingerprint density at radius 1 is 1.38 bits per heavy atom. The minimum absolute atomic E-state index is 0.0120. The van der Waals surface area contributed by atoms with E-state index < -0.39 is 0 Å². The van der Waals surface area contributed by atoms with Crippen LogP contribution in [0.2, 0.25) is 0 Å². The number of pyridine rings is 1. The van der Waals surface area contributed by atoms with Gasteiger partial charge in [0.25, 0.3) is 0 Å². The van der Waals surface area contributed by atoms with E-state index in [2.05, 4.69) is 51.0 Å². The van der Waals surface area contributed by atoms with Gasteiger partial charge in [0.1, 0.15) is 6.10 Å². The Bertz CT molecular complexity index is 460. The highest BCUT2D eigenvalue weighted by Crippen LogP contribution is 2.25. The number of aromatic nitrogens is 1. The Balaban J connectivity index is 2.19. The van der Waals surface area contributed by atoms with Gasteiger partial charge in [0, 0.05) is 30.5 Å². The van der Waals surface area contributed by atoms with Gasteiger partial charge in [-0.15, -0.1) is 0 Å². The first-order valence-corrected chi connectivity index (χ1v) is 7.84. The van der Waals surface area contributed by atoms with Crippen LogP contribution in [0, 0.1) is 0 Å². The van der Waals surface area contributed by atoms with E-state index in [0.29, 0.717) is 12.6 Å². The molecule has 1 unspecified atom stereocenters. The molecule has 21 heavy (non-hydrogen) atoms. The molecule has 4 nitrogen and oxygen atoms in total. The highest BCUT2D eigenvalue weighted by molar-refractivity contribution is 5.28. The van der Waals surface area contributed by atoms with Crippen molar-refractivity contribution in [2.45, 2.75) is 65.1 Å². The molecule has 0 saturated carbocycles. The van der Waals surface area contributed by atoms with Crippen molar-refractivity contribution < 1.29 is 9.47 Å². The Morgan fingerprint density at radius 2 is 2.14 bits per heavy atom. The first-order chi connectivity index (χ1) is 9.84. The Hall–Kier alpha value is -1.13. The third-order valence-corrected chi connectivity index (χ3v) is 3.52. The second kappa shape index (κ2) is 6.75. The fourth-order valence-electron chi connectivity index (χ4n) is 2.20. The maximum Gasteiger partial charge on any atom is 0.214 e. The summed E-state index contributed by atoms with van der Waals surface area (Å²) in [5, 5.41) is 3.45. The molecule has 1 aromatic heterocycles. The zero-order valence-electron chi connectivity index (χ0n) is 13.9. The molecule has 118 valence electrons. The monoisotopic (exact) mass is 292 g/mol. The molecule has 2 rings (SSSR count). The topological polar surface area (TPSA) is 43.4 Å². The van der Waals surface area contributed by atoms with Crippen LogP contribution in [0.1, 0.15) is 52.3 Å². The number of nitrogens with zero attached hydrogens (tertiary/aromatic N) is 1. The molecule has 1 aromatic rings. The molecule has 0 spiro atoms. The van der Waals surface area contributed by atoms with Crippen molar-refractivity contribution in [1.29, 1.82) is 0 Å². The van der Waals surface area contributed by atoms with Crippen molar-refractivity contribution in [3.05, 3.63) is 23.4 Å². The van der Waals surface area contributed by atoms with E-state index in [-0.39, 0.29) is 11.5 Å². The third kappa shape index (κ3) is 4.97. The number of hydrogen-bond acceptors (Lipinski definition) is 4. The average Bonchev–Trinajstić information content (AvgIpc) is 2.88. The summed E-state index contributed by atoms with van der Waals surface area (Å²) in [7, 11) is 0. The van der Waals surface area contributed by atoms with Crippen molar-refractivity contribution in [1.82, 2.24) is 10.3 Å². The molecule has 0 amide bonds. The summed E-state index contributed by atoms with van der Waals surface area (Å²) < 4.78 is 11.4. The van der Waals surface area contributed by atoms with Gasteiger partial charge in [0.2, 0.25) is 5.88 Å². The fourth-order valence-corrected chi connectivity index (χ4v) is 2.20. The number of ether oxygens (including phenoxy) is 2. The van der Waals surface area contributed by atoms with Gasteiger partial charge in [-0.2, -0.15) is 0 Å². The lowest BCUT2D eigenvalue weighted by atomic mass is 9.91. The first kappa shape index (κ1) is 16.2. The van der Waals surface area contributed by atoms with Crippen LogP contribution in [0.4, 0.5) is 0 Å². The predicted octanol–water partition coefficient (Wildman–Crippen LogP) is 3.04. The van der Waals surface area contributed by atoms with Crippen LogP contribution in [-0.2, 0) is 16.7 Å². The van der Waals surface area contributed by atoms with Crippen molar-refractivity contribution in [3.63, 3.8) is 0 Å². The molecule has 4 heteroatoms. The molecule has 1 saturated heterocycles. The van der Waals surface area contributed by atoms with E-state index in [4.69, 9.17) is 9.47 Å². The molecular formula is C17H28N2O2. The molecule has 0 radical (unpaired) electrons. The van der Waals surface area contributed by atoms with Gasteiger partial charge in [0.15, 0.2) is 0 Å². The summed E-state index contributed by atoms with van der Waals surface area (Å²) >= 11 is 0. The third-order valence-electron chi connectivity index (χ3n) is 3.52. The minimum Gasteiger partial charge on any atom is -0.472 e. The standard InChI is InChI=1S/C17H28N2O2/c1-12(2)18-10-13-8-15(17(3,4)5)19-16(9-13)21-14-6-7-20-11-14/h8-9,12,14,18H,6-7,10-11H2,1-5H3. The van der Waals surface area contributed by atoms with Gasteiger partial charge in [-0.05, 0) is 11.6 Å². The molecular weight excluding hydrogens is 264 g/mol. The van der Waals surface area contributed by atoms with Crippen molar-refractivity contribution in [2.24, 2.45) is 0 Å². The van der Waals surface area contributed by atoms with Gasteiger partial charge >= 0.3 is 0 Å². The van der Waals surface area contributed by atoms with Gasteiger partial charge in [-0.1, -0.05) is 34.6 Å². The normalized spacial score (nSPS) is 19.2. The zero-order chi connectivity index (χ0) is 15.5. The van der Waals surface area contributed by atoms with Crippen molar-refractivity contribution >= 4 is 0 Å². The van der Waals surface area contributed by atoms with E-state index >= 15 is 0 Å². The molecule has 0 aromatic carbocycles. The Morgan fingerprint density at radius 3 is 2.71 bits per heavy atom. The molecule has 1 fully saturated rings. The van der Waals surface area contributed by atoms with Gasteiger partial charge < -0.3 is 14.8 Å². The van der Waals surface area contributed by atoms with Gasteiger partial charge in [-0.25, -0.2) is 4.98 Å². The van der Waals surface area contributed by atoms with Crippen LogP contribution in [-0.4, -0.2) is 30.3 Å². The SMILES string of the molecule is CC(C)NCc1cc(OC2CCOC2)nc(C(C)(C)C)c1. The summed E-state index contributed by atoms with van der Waals surface area (Å²) in [5.41, 5.74) is 2.30. The number of nitrogens with one attached hydrogen (secondary N) is 1. The summed E-state index contributed by atoms with van der Waals surface area (Å²) in [4.78, 5) is 4.69. The van der Waals surface area contributed by atoms with Crippen LogP contribution in [0.25, 0.3) is 0 Å². The van der Waals surface area contributed by atoms with Gasteiger partial charge in [-0.3, -0.25) is 0 Å². The fraction of sp³-hybridized carbons (Fsp3) is 0.706. The first-order valence-electron chi connectivity index (χ1n) is 7.84. The van der Waals surface area contributed by atoms with Crippen molar-refractivity contribution in [3.8, 4) is 5.88 Å². The van der Waals surface area contributed by atoms with E-state index in [9.17, 15) is 0 Å². The smallest absolute Gasteiger partial charge is 0.214 e. The molecule has 2 heterocycles. The zero-order valence-corrected chi connectivity index (χ0v) is 13.9. The second-order valence-electron chi connectivity index (χ2n) is 7.09. The lowest BCUT2D eigenvalue weighted by Gasteiger charge is -2.21. The maximum absolute atomic E-state index is 5.99. The van der Waals surface area contributed by atoms with Crippen LogP contribution in [0.15, 0.2) is 12.1 Å². The van der Waals surface area contributed by atoms with Crippen LogP contribution in [0.5, 0.6) is 5.88 Å². The highest BCUT2D eigenvalue weighted by Gasteiger charge is 2.21. The minimum atomic E-state index is 0.0120. The highest BCUT2D eigenvalue weighted by atomic mass is 16.5. The van der Waals surface area contributed by atoms with Crippen LogP contribution >= 0.6 is 0 Å². The average molecular weight is 292 g/mol. The van der Waals surface area contributed by atoms with E-state index in [1.54, 1.807) is 0 Å². The summed E-state index contributed by atoms with van der Waals surface area (Å²) in [6.45, 7) is 13.1. The largest absolute Gasteiger partial charge is 0.472 e. The molecule has 1 aliphatic heterocycles. The van der Waals surface area contributed by atoms with E-state index in [0.717, 1.165) is 31.1 Å². The number of rotatable bonds is 5. The van der Waals surface area contributed by atoms with Crippen LogP contribution in [0.3, 0.4) is 0 Å². The maximum atomic E-state index is 5.99. The summed E-state index contributed by atoms with van der Waals surface area (Å²) in [6.07, 6.45) is 1.08. The quantitative estimate of drug-likeness (QED) is 0.906. The molecule has 1 N–H and O–H groups in total. The molecule has 1 atom stereocenters. The lowest BCUT2D eigenvalue weighted by molar-refractivity contribution is 0.137. The molecule has 0 bridgehead atoms. The van der Waals surface area contributed by atoms with E-state index in [1.165, 1.54) is 5.56 Å². The van der Waals surface area contributed by atoms with E-state index in [1.807, 2.05) is 6.07 Å². The summed E-state index contributed by atoms with van der Waals surface area (Å²) in [6, 6.07) is 4.68. The Kier molecular flexibility index (Phi) is 5.22. The molecule has 0 aliphatic carbocycles. The number of hydrogen-bond donors (Lipinski definition) is 1. The summed E-state index contributed by atoms with van der Waals surface area (Å²) in [5.74, 6) is 0.721. The van der Waals surface area contributed by atoms with Crippen molar-refractivity contribution in [2.75, 3.05) is 13.2 Å². The second-order valence-corrected chi connectivity index (χ2v) is 7.09. The Labute approximate surface area is 128 Å². The van der Waals surface area contributed by atoms with Gasteiger partial charge in [0.05, 0.1) is 18.9 Å². The lowest BCUT2D eigenvalue weighted by Crippen LogP contribution is -2.23. The van der Waals surface area contributed by atoms with Crippen LogP contribution < -0.4 is 10.1 Å².